The zero-order valence-corrected chi connectivity index (χ0v) is 6.22. The van der Waals surface area contributed by atoms with Crippen molar-refractivity contribution >= 4 is 5.97 Å². The first-order valence-corrected chi connectivity index (χ1v) is 2.96. The SMILES string of the molecule is CC#CCN(C)CC(=O)O. The van der Waals surface area contributed by atoms with Gasteiger partial charge in [-0.2, -0.15) is 0 Å². The van der Waals surface area contributed by atoms with Gasteiger partial charge in [0.2, 0.25) is 0 Å². The van der Waals surface area contributed by atoms with E-state index in [-0.39, 0.29) is 6.54 Å². The third kappa shape index (κ3) is 5.13. The van der Waals surface area contributed by atoms with Gasteiger partial charge >= 0.3 is 5.97 Å². The standard InChI is InChI=1S/C7H11NO2/c1-3-4-5-8(2)6-7(9)10/h5-6H2,1-2H3,(H,9,10). The van der Waals surface area contributed by atoms with Crippen LogP contribution in [0.5, 0.6) is 0 Å². The van der Waals surface area contributed by atoms with E-state index in [2.05, 4.69) is 11.8 Å². The molecule has 0 heterocycles. The average Bonchev–Trinajstić information content (AvgIpc) is 1.82. The number of carbonyl (C=O) groups is 1. The van der Waals surface area contributed by atoms with Crippen molar-refractivity contribution in [3.8, 4) is 11.8 Å². The number of hydrogen-bond acceptors (Lipinski definition) is 2. The van der Waals surface area contributed by atoms with E-state index < -0.39 is 5.97 Å². The largest absolute Gasteiger partial charge is 0.480 e. The highest BCUT2D eigenvalue weighted by atomic mass is 16.4. The normalized spacial score (nSPS) is 8.70. The Morgan fingerprint density at radius 1 is 1.70 bits per heavy atom. The van der Waals surface area contributed by atoms with Crippen molar-refractivity contribution in [2.45, 2.75) is 6.92 Å². The van der Waals surface area contributed by atoms with E-state index in [1.54, 1.807) is 18.9 Å². The van der Waals surface area contributed by atoms with E-state index in [0.29, 0.717) is 6.54 Å². The molecule has 0 fully saturated rings. The summed E-state index contributed by atoms with van der Waals surface area (Å²) in [5.41, 5.74) is 0. The lowest BCUT2D eigenvalue weighted by molar-refractivity contribution is -0.137. The Morgan fingerprint density at radius 2 is 2.30 bits per heavy atom. The second kappa shape index (κ2) is 4.83. The molecule has 0 aromatic rings. The molecule has 0 aliphatic heterocycles. The lowest BCUT2D eigenvalue weighted by Crippen LogP contribution is -2.25. The fourth-order valence-electron chi connectivity index (χ4n) is 0.501. The van der Waals surface area contributed by atoms with Gasteiger partial charge in [0, 0.05) is 0 Å². The first-order chi connectivity index (χ1) is 4.66. The van der Waals surface area contributed by atoms with Crippen LogP contribution in [0.1, 0.15) is 6.92 Å². The summed E-state index contributed by atoms with van der Waals surface area (Å²) in [5.74, 6) is 4.63. The smallest absolute Gasteiger partial charge is 0.317 e. The first-order valence-electron chi connectivity index (χ1n) is 2.96. The zero-order chi connectivity index (χ0) is 7.98. The summed E-state index contributed by atoms with van der Waals surface area (Å²) >= 11 is 0. The van der Waals surface area contributed by atoms with Crippen LogP contribution in [0.3, 0.4) is 0 Å². The molecule has 10 heavy (non-hydrogen) atoms. The van der Waals surface area contributed by atoms with Gasteiger partial charge in [-0.3, -0.25) is 9.69 Å². The molecule has 0 bridgehead atoms. The van der Waals surface area contributed by atoms with Crippen LogP contribution in [0.4, 0.5) is 0 Å². The van der Waals surface area contributed by atoms with Crippen LogP contribution in [0, 0.1) is 11.8 Å². The third-order valence-electron chi connectivity index (χ3n) is 0.931. The molecule has 1 N–H and O–H groups in total. The van der Waals surface area contributed by atoms with Crippen molar-refractivity contribution in [3.05, 3.63) is 0 Å². The van der Waals surface area contributed by atoms with Crippen molar-refractivity contribution in [2.75, 3.05) is 20.1 Å². The maximum Gasteiger partial charge on any atom is 0.317 e. The number of hydrogen-bond donors (Lipinski definition) is 1. The van der Waals surface area contributed by atoms with Crippen molar-refractivity contribution in [3.63, 3.8) is 0 Å². The first kappa shape index (κ1) is 8.99. The second-order valence-electron chi connectivity index (χ2n) is 1.99. The number of carboxylic acids is 1. The summed E-state index contributed by atoms with van der Waals surface area (Å²) in [6.45, 7) is 2.30. The molecule has 0 saturated carbocycles. The van der Waals surface area contributed by atoms with Gasteiger partial charge < -0.3 is 5.11 Å². The minimum atomic E-state index is -0.819. The number of carboxylic acid groups (broad SMARTS) is 1. The van der Waals surface area contributed by atoms with Crippen LogP contribution in [0.15, 0.2) is 0 Å². The van der Waals surface area contributed by atoms with Gasteiger partial charge in [0.25, 0.3) is 0 Å². The van der Waals surface area contributed by atoms with E-state index >= 15 is 0 Å². The average molecular weight is 141 g/mol. The van der Waals surface area contributed by atoms with Crippen LogP contribution in [-0.4, -0.2) is 36.1 Å². The Balaban J connectivity index is 3.50. The highest BCUT2D eigenvalue weighted by molar-refractivity contribution is 5.69. The van der Waals surface area contributed by atoms with E-state index in [0.717, 1.165) is 0 Å². The molecule has 0 atom stereocenters. The Bertz CT molecular complexity index is 166. The maximum absolute atomic E-state index is 10.1. The van der Waals surface area contributed by atoms with E-state index in [1.807, 2.05) is 0 Å². The molecular weight excluding hydrogens is 130 g/mol. The predicted octanol–water partition coefficient (Wildman–Crippen LogP) is 0.0261. The summed E-state index contributed by atoms with van der Waals surface area (Å²) < 4.78 is 0. The monoisotopic (exact) mass is 141 g/mol. The van der Waals surface area contributed by atoms with Gasteiger partial charge in [0.1, 0.15) is 0 Å². The van der Waals surface area contributed by atoms with Gasteiger partial charge in [-0.15, -0.1) is 5.92 Å². The topological polar surface area (TPSA) is 40.5 Å². The van der Waals surface area contributed by atoms with Gasteiger partial charge in [0.05, 0.1) is 13.1 Å². The summed E-state index contributed by atoms with van der Waals surface area (Å²) in [4.78, 5) is 11.7. The minimum Gasteiger partial charge on any atom is -0.480 e. The third-order valence-corrected chi connectivity index (χ3v) is 0.931. The fraction of sp³-hybridized carbons (Fsp3) is 0.571. The molecule has 0 saturated heterocycles. The van der Waals surface area contributed by atoms with E-state index in [9.17, 15) is 4.79 Å². The van der Waals surface area contributed by atoms with Crippen LogP contribution in [-0.2, 0) is 4.79 Å². The fourth-order valence-corrected chi connectivity index (χ4v) is 0.501. The van der Waals surface area contributed by atoms with Crippen molar-refractivity contribution in [1.29, 1.82) is 0 Å². The summed E-state index contributed by atoms with van der Waals surface area (Å²) in [5, 5.41) is 8.29. The molecule has 0 aromatic carbocycles. The summed E-state index contributed by atoms with van der Waals surface area (Å²) in [6.07, 6.45) is 0. The molecule has 0 unspecified atom stereocenters. The van der Waals surface area contributed by atoms with Gasteiger partial charge in [-0.25, -0.2) is 0 Å². The minimum absolute atomic E-state index is 0.0503. The Labute approximate surface area is 60.6 Å². The van der Waals surface area contributed by atoms with Crippen LogP contribution >= 0.6 is 0 Å². The number of likely N-dealkylation sites (N-methyl/N-ethyl adjacent to an activating group) is 1. The maximum atomic E-state index is 10.1. The van der Waals surface area contributed by atoms with Crippen LogP contribution in [0.25, 0.3) is 0 Å². The highest BCUT2D eigenvalue weighted by Crippen LogP contribution is 1.78. The Kier molecular flexibility index (Phi) is 4.34. The van der Waals surface area contributed by atoms with Crippen LogP contribution < -0.4 is 0 Å². The lowest BCUT2D eigenvalue weighted by Gasteiger charge is -2.07. The van der Waals surface area contributed by atoms with Crippen molar-refractivity contribution < 1.29 is 9.90 Å². The van der Waals surface area contributed by atoms with Gasteiger partial charge in [0.15, 0.2) is 0 Å². The molecule has 0 aliphatic rings. The molecule has 3 heteroatoms. The number of rotatable bonds is 3. The molecule has 0 aliphatic carbocycles. The van der Waals surface area contributed by atoms with Gasteiger partial charge in [-0.1, -0.05) is 5.92 Å². The van der Waals surface area contributed by atoms with Crippen LogP contribution in [0.2, 0.25) is 0 Å². The Hall–Kier alpha value is -1.01. The number of aliphatic carboxylic acids is 1. The highest BCUT2D eigenvalue weighted by Gasteiger charge is 2.00. The zero-order valence-electron chi connectivity index (χ0n) is 6.22. The second-order valence-corrected chi connectivity index (χ2v) is 1.99. The molecule has 0 radical (unpaired) electrons. The molecule has 0 amide bonds. The van der Waals surface area contributed by atoms with E-state index in [1.165, 1.54) is 0 Å². The number of nitrogens with zero attached hydrogens (tertiary/aromatic N) is 1. The predicted molar refractivity (Wildman–Crippen MR) is 38.6 cm³/mol. The van der Waals surface area contributed by atoms with E-state index in [4.69, 9.17) is 5.11 Å². The lowest BCUT2D eigenvalue weighted by atomic mass is 10.5. The Morgan fingerprint density at radius 3 is 2.70 bits per heavy atom. The molecule has 0 rings (SSSR count). The van der Waals surface area contributed by atoms with Crippen molar-refractivity contribution in [1.82, 2.24) is 4.90 Å². The van der Waals surface area contributed by atoms with Crippen molar-refractivity contribution in [2.24, 2.45) is 0 Å². The molecule has 0 aromatic heterocycles. The van der Waals surface area contributed by atoms with Gasteiger partial charge in [-0.05, 0) is 14.0 Å². The molecule has 56 valence electrons. The molecule has 3 nitrogen and oxygen atoms in total. The molecule has 0 spiro atoms. The molecular formula is C7H11NO2. The summed E-state index contributed by atoms with van der Waals surface area (Å²) in [6, 6.07) is 0. The quantitative estimate of drug-likeness (QED) is 0.563. The summed E-state index contributed by atoms with van der Waals surface area (Å²) in [7, 11) is 1.72.